The third-order valence-electron chi connectivity index (χ3n) is 3.10. The maximum atomic E-state index is 12.3. The quantitative estimate of drug-likeness (QED) is 0.890. The first-order valence-electron chi connectivity index (χ1n) is 7.26. The normalized spacial score (nSPS) is 10.4. The highest BCUT2D eigenvalue weighted by molar-refractivity contribution is 6.04. The van der Waals surface area contributed by atoms with E-state index in [1.807, 2.05) is 57.1 Å². The van der Waals surface area contributed by atoms with Crippen LogP contribution in [0.4, 0.5) is 17.1 Å². The van der Waals surface area contributed by atoms with Crippen LogP contribution >= 0.6 is 0 Å². The van der Waals surface area contributed by atoms with E-state index < -0.39 is 0 Å². The summed E-state index contributed by atoms with van der Waals surface area (Å²) in [4.78, 5) is 18.4. The summed E-state index contributed by atoms with van der Waals surface area (Å²) >= 11 is 0. The second kappa shape index (κ2) is 6.93. The highest BCUT2D eigenvalue weighted by Gasteiger charge is 2.08. The number of benzene rings is 1. The van der Waals surface area contributed by atoms with E-state index in [0.29, 0.717) is 11.6 Å². The first-order valence-corrected chi connectivity index (χ1v) is 7.26. The summed E-state index contributed by atoms with van der Waals surface area (Å²) in [5, 5.41) is 6.12. The zero-order chi connectivity index (χ0) is 16.1. The van der Waals surface area contributed by atoms with Gasteiger partial charge in [0.25, 0.3) is 5.91 Å². The summed E-state index contributed by atoms with van der Waals surface area (Å²) in [7, 11) is 3.96. The monoisotopic (exact) mass is 298 g/mol. The van der Waals surface area contributed by atoms with Gasteiger partial charge in [-0.2, -0.15) is 0 Å². The van der Waals surface area contributed by atoms with Crippen LogP contribution in [0.1, 0.15) is 24.2 Å². The molecule has 1 aromatic carbocycles. The van der Waals surface area contributed by atoms with Gasteiger partial charge in [0, 0.05) is 43.9 Å². The van der Waals surface area contributed by atoms with E-state index in [1.54, 1.807) is 18.5 Å². The Morgan fingerprint density at radius 1 is 1.09 bits per heavy atom. The second-order valence-electron chi connectivity index (χ2n) is 5.66. The Morgan fingerprint density at radius 2 is 1.77 bits per heavy atom. The second-order valence-corrected chi connectivity index (χ2v) is 5.66. The van der Waals surface area contributed by atoms with Crippen LogP contribution in [0.25, 0.3) is 0 Å². The SMILES string of the molecule is CC(C)Nc1cncc(C(=O)Nc2ccc(N(C)C)cc2)c1. The van der Waals surface area contributed by atoms with Gasteiger partial charge in [0.05, 0.1) is 11.3 Å². The Hall–Kier alpha value is -2.56. The maximum absolute atomic E-state index is 12.3. The van der Waals surface area contributed by atoms with Gasteiger partial charge in [-0.25, -0.2) is 0 Å². The van der Waals surface area contributed by atoms with E-state index in [-0.39, 0.29) is 5.91 Å². The minimum atomic E-state index is -0.169. The molecule has 0 aliphatic heterocycles. The van der Waals surface area contributed by atoms with Gasteiger partial charge in [0.15, 0.2) is 0 Å². The summed E-state index contributed by atoms with van der Waals surface area (Å²) in [5.41, 5.74) is 3.22. The summed E-state index contributed by atoms with van der Waals surface area (Å²) in [6, 6.07) is 9.79. The molecule has 0 unspecified atom stereocenters. The number of nitrogens with zero attached hydrogens (tertiary/aromatic N) is 2. The van der Waals surface area contributed by atoms with Crippen molar-refractivity contribution in [2.75, 3.05) is 29.6 Å². The topological polar surface area (TPSA) is 57.3 Å². The molecule has 2 rings (SSSR count). The van der Waals surface area contributed by atoms with Crippen LogP contribution in [0, 0.1) is 0 Å². The number of nitrogens with one attached hydrogen (secondary N) is 2. The number of amides is 1. The predicted molar refractivity (Wildman–Crippen MR) is 91.7 cm³/mol. The van der Waals surface area contributed by atoms with E-state index in [0.717, 1.165) is 17.1 Å². The summed E-state index contributed by atoms with van der Waals surface area (Å²) < 4.78 is 0. The Bertz CT molecular complexity index is 635. The molecule has 0 bridgehead atoms. The smallest absolute Gasteiger partial charge is 0.257 e. The molecule has 0 atom stereocenters. The van der Waals surface area contributed by atoms with Crippen LogP contribution in [-0.4, -0.2) is 31.0 Å². The Kier molecular flexibility index (Phi) is 4.99. The molecule has 1 aromatic heterocycles. The van der Waals surface area contributed by atoms with E-state index >= 15 is 0 Å². The number of anilines is 3. The number of aromatic nitrogens is 1. The molecule has 2 N–H and O–H groups in total. The molecule has 0 spiro atoms. The van der Waals surface area contributed by atoms with Crippen LogP contribution in [-0.2, 0) is 0 Å². The van der Waals surface area contributed by atoms with Crippen molar-refractivity contribution < 1.29 is 4.79 Å². The summed E-state index contributed by atoms with van der Waals surface area (Å²) in [6.45, 7) is 4.08. The van der Waals surface area contributed by atoms with E-state index in [4.69, 9.17) is 0 Å². The van der Waals surface area contributed by atoms with Gasteiger partial charge in [-0.05, 0) is 44.2 Å². The third kappa shape index (κ3) is 4.22. The van der Waals surface area contributed by atoms with Crippen molar-refractivity contribution in [1.29, 1.82) is 0 Å². The molecular formula is C17H22N4O. The average molecular weight is 298 g/mol. The standard InChI is InChI=1S/C17H22N4O/c1-12(2)19-15-9-13(10-18-11-15)17(22)20-14-5-7-16(8-6-14)21(3)4/h5-12,19H,1-4H3,(H,20,22). The predicted octanol–water partition coefficient (Wildman–Crippen LogP) is 3.22. The van der Waals surface area contributed by atoms with Crippen molar-refractivity contribution >= 4 is 23.0 Å². The van der Waals surface area contributed by atoms with Crippen LogP contribution in [0.15, 0.2) is 42.7 Å². The molecular weight excluding hydrogens is 276 g/mol. The fraction of sp³-hybridized carbons (Fsp3) is 0.294. The molecule has 116 valence electrons. The maximum Gasteiger partial charge on any atom is 0.257 e. The van der Waals surface area contributed by atoms with Crippen molar-refractivity contribution in [3.05, 3.63) is 48.3 Å². The van der Waals surface area contributed by atoms with E-state index in [1.165, 1.54) is 0 Å². The van der Waals surface area contributed by atoms with Crippen molar-refractivity contribution in [2.24, 2.45) is 0 Å². The highest BCUT2D eigenvalue weighted by atomic mass is 16.1. The van der Waals surface area contributed by atoms with Crippen molar-refractivity contribution in [3.8, 4) is 0 Å². The van der Waals surface area contributed by atoms with Gasteiger partial charge in [-0.1, -0.05) is 0 Å². The lowest BCUT2D eigenvalue weighted by Gasteiger charge is -2.13. The minimum Gasteiger partial charge on any atom is -0.382 e. The zero-order valence-corrected chi connectivity index (χ0v) is 13.4. The van der Waals surface area contributed by atoms with Gasteiger partial charge in [0.2, 0.25) is 0 Å². The van der Waals surface area contributed by atoms with E-state index in [2.05, 4.69) is 15.6 Å². The fourth-order valence-electron chi connectivity index (χ4n) is 2.02. The Balaban J connectivity index is 2.08. The van der Waals surface area contributed by atoms with Crippen molar-refractivity contribution in [1.82, 2.24) is 4.98 Å². The number of hydrogen-bond acceptors (Lipinski definition) is 4. The molecule has 0 radical (unpaired) electrons. The van der Waals surface area contributed by atoms with Crippen molar-refractivity contribution in [2.45, 2.75) is 19.9 Å². The summed E-state index contributed by atoms with van der Waals surface area (Å²) in [5.74, 6) is -0.169. The molecule has 22 heavy (non-hydrogen) atoms. The van der Waals surface area contributed by atoms with Gasteiger partial charge in [-0.15, -0.1) is 0 Å². The van der Waals surface area contributed by atoms with Gasteiger partial charge < -0.3 is 15.5 Å². The van der Waals surface area contributed by atoms with Crippen LogP contribution < -0.4 is 15.5 Å². The number of pyridine rings is 1. The number of carbonyl (C=O) groups excluding carboxylic acids is 1. The largest absolute Gasteiger partial charge is 0.382 e. The third-order valence-corrected chi connectivity index (χ3v) is 3.10. The number of carbonyl (C=O) groups is 1. The first-order chi connectivity index (χ1) is 10.5. The fourth-order valence-corrected chi connectivity index (χ4v) is 2.02. The molecule has 1 amide bonds. The Labute approximate surface area is 131 Å². The highest BCUT2D eigenvalue weighted by Crippen LogP contribution is 2.17. The number of hydrogen-bond donors (Lipinski definition) is 2. The van der Waals surface area contributed by atoms with Crippen molar-refractivity contribution in [3.63, 3.8) is 0 Å². The molecule has 0 saturated heterocycles. The van der Waals surface area contributed by atoms with Crippen LogP contribution in [0.2, 0.25) is 0 Å². The lowest BCUT2D eigenvalue weighted by atomic mass is 10.2. The molecule has 0 saturated carbocycles. The van der Waals surface area contributed by atoms with Gasteiger partial charge >= 0.3 is 0 Å². The Morgan fingerprint density at radius 3 is 2.36 bits per heavy atom. The van der Waals surface area contributed by atoms with Crippen LogP contribution in [0.5, 0.6) is 0 Å². The molecule has 1 heterocycles. The molecule has 5 heteroatoms. The molecule has 0 aliphatic rings. The van der Waals surface area contributed by atoms with E-state index in [9.17, 15) is 4.79 Å². The molecule has 2 aromatic rings. The number of rotatable bonds is 5. The first kappa shape index (κ1) is 15.8. The van der Waals surface area contributed by atoms with Crippen LogP contribution in [0.3, 0.4) is 0 Å². The zero-order valence-electron chi connectivity index (χ0n) is 13.4. The molecule has 5 nitrogen and oxygen atoms in total. The minimum absolute atomic E-state index is 0.169. The summed E-state index contributed by atoms with van der Waals surface area (Å²) in [6.07, 6.45) is 3.28. The van der Waals surface area contributed by atoms with Gasteiger partial charge in [-0.3, -0.25) is 9.78 Å². The lowest BCUT2D eigenvalue weighted by Crippen LogP contribution is -2.14. The lowest BCUT2D eigenvalue weighted by molar-refractivity contribution is 0.102. The average Bonchev–Trinajstić information content (AvgIpc) is 2.47. The van der Waals surface area contributed by atoms with Gasteiger partial charge in [0.1, 0.15) is 0 Å². The molecule has 0 aliphatic carbocycles. The molecule has 0 fully saturated rings.